The summed E-state index contributed by atoms with van der Waals surface area (Å²) in [4.78, 5) is 0. The topological polar surface area (TPSA) is 24.1 Å². The van der Waals surface area contributed by atoms with Crippen LogP contribution in [0.2, 0.25) is 0 Å². The SMILES string of the molecule is [CH2]CCCCNCCCCCNC(C)C. The molecule has 0 heterocycles. The van der Waals surface area contributed by atoms with Gasteiger partial charge in [-0.15, -0.1) is 0 Å². The Kier molecular flexibility index (Phi) is 11.9. The molecule has 0 aromatic heterocycles. The van der Waals surface area contributed by atoms with Gasteiger partial charge in [-0.1, -0.05) is 40.0 Å². The average Bonchev–Trinajstić information content (AvgIpc) is 2.20. The Morgan fingerprint density at radius 1 is 0.867 bits per heavy atom. The van der Waals surface area contributed by atoms with E-state index in [2.05, 4.69) is 31.4 Å². The second-order valence-electron chi connectivity index (χ2n) is 4.48. The van der Waals surface area contributed by atoms with Crippen LogP contribution in [0.4, 0.5) is 0 Å². The zero-order valence-electron chi connectivity index (χ0n) is 10.6. The molecule has 0 rings (SSSR count). The van der Waals surface area contributed by atoms with Gasteiger partial charge in [0.2, 0.25) is 0 Å². The Morgan fingerprint density at radius 3 is 2.07 bits per heavy atom. The Balaban J connectivity index is 2.87. The van der Waals surface area contributed by atoms with E-state index in [1.807, 2.05) is 0 Å². The first-order chi connectivity index (χ1) is 7.27. The number of nitrogens with one attached hydrogen (secondary N) is 2. The van der Waals surface area contributed by atoms with E-state index in [4.69, 9.17) is 0 Å². The van der Waals surface area contributed by atoms with E-state index in [-0.39, 0.29) is 0 Å². The van der Waals surface area contributed by atoms with Gasteiger partial charge in [0.15, 0.2) is 0 Å². The molecule has 0 atom stereocenters. The van der Waals surface area contributed by atoms with E-state index in [0.29, 0.717) is 6.04 Å². The van der Waals surface area contributed by atoms with Crippen molar-refractivity contribution in [3.63, 3.8) is 0 Å². The highest BCUT2D eigenvalue weighted by Gasteiger charge is 1.92. The summed E-state index contributed by atoms with van der Waals surface area (Å²) in [6.45, 7) is 11.7. The van der Waals surface area contributed by atoms with Crippen molar-refractivity contribution in [2.24, 2.45) is 0 Å². The normalized spacial score (nSPS) is 11.2. The maximum absolute atomic E-state index is 3.83. The smallest absolute Gasteiger partial charge is 0.00103 e. The summed E-state index contributed by atoms with van der Waals surface area (Å²) in [6.07, 6.45) is 7.55. The fourth-order valence-corrected chi connectivity index (χ4v) is 1.49. The summed E-state index contributed by atoms with van der Waals surface area (Å²) in [5, 5.41) is 6.91. The fraction of sp³-hybridized carbons (Fsp3) is 0.923. The van der Waals surface area contributed by atoms with E-state index < -0.39 is 0 Å². The van der Waals surface area contributed by atoms with Crippen LogP contribution in [0.3, 0.4) is 0 Å². The van der Waals surface area contributed by atoms with E-state index in [9.17, 15) is 0 Å². The summed E-state index contributed by atoms with van der Waals surface area (Å²) in [7, 11) is 0. The molecule has 0 aromatic rings. The van der Waals surface area contributed by atoms with Gasteiger partial charge in [-0.25, -0.2) is 0 Å². The molecular weight excluding hydrogens is 184 g/mol. The fourth-order valence-electron chi connectivity index (χ4n) is 1.49. The van der Waals surface area contributed by atoms with Gasteiger partial charge in [-0.05, 0) is 38.9 Å². The zero-order valence-corrected chi connectivity index (χ0v) is 10.6. The summed E-state index contributed by atoms with van der Waals surface area (Å²) in [5.41, 5.74) is 0. The lowest BCUT2D eigenvalue weighted by atomic mass is 10.2. The molecule has 0 fully saturated rings. The standard InChI is InChI=1S/C13H29N2/c1-4-5-7-10-14-11-8-6-9-12-15-13(2)3/h13-15H,1,4-12H2,2-3H3. The number of hydrogen-bond acceptors (Lipinski definition) is 2. The minimum atomic E-state index is 0.630. The predicted octanol–water partition coefficient (Wildman–Crippen LogP) is 2.75. The Morgan fingerprint density at radius 2 is 1.47 bits per heavy atom. The van der Waals surface area contributed by atoms with Gasteiger partial charge in [0.25, 0.3) is 0 Å². The van der Waals surface area contributed by atoms with Gasteiger partial charge in [0.1, 0.15) is 0 Å². The molecule has 15 heavy (non-hydrogen) atoms. The molecule has 1 radical (unpaired) electrons. The Hall–Kier alpha value is -0.0800. The summed E-state index contributed by atoms with van der Waals surface area (Å²) >= 11 is 0. The van der Waals surface area contributed by atoms with E-state index >= 15 is 0 Å². The van der Waals surface area contributed by atoms with E-state index in [1.165, 1.54) is 51.7 Å². The van der Waals surface area contributed by atoms with Gasteiger partial charge in [-0.3, -0.25) is 0 Å². The van der Waals surface area contributed by atoms with Crippen LogP contribution >= 0.6 is 0 Å². The molecule has 0 saturated heterocycles. The highest BCUT2D eigenvalue weighted by molar-refractivity contribution is 4.54. The second kappa shape index (κ2) is 12.0. The highest BCUT2D eigenvalue weighted by Crippen LogP contribution is 1.94. The van der Waals surface area contributed by atoms with Gasteiger partial charge in [0.05, 0.1) is 0 Å². The molecule has 0 aliphatic carbocycles. The minimum absolute atomic E-state index is 0.630. The molecule has 2 heteroatoms. The van der Waals surface area contributed by atoms with Crippen LogP contribution in [-0.2, 0) is 0 Å². The van der Waals surface area contributed by atoms with Crippen molar-refractivity contribution in [1.29, 1.82) is 0 Å². The molecule has 0 aliphatic heterocycles. The van der Waals surface area contributed by atoms with Crippen LogP contribution in [0, 0.1) is 6.92 Å². The summed E-state index contributed by atoms with van der Waals surface area (Å²) < 4.78 is 0. The Bertz CT molecular complexity index is 113. The number of hydrogen-bond donors (Lipinski definition) is 2. The van der Waals surface area contributed by atoms with Crippen molar-refractivity contribution in [1.82, 2.24) is 10.6 Å². The molecule has 0 amide bonds. The van der Waals surface area contributed by atoms with Crippen molar-refractivity contribution in [2.75, 3.05) is 19.6 Å². The van der Waals surface area contributed by atoms with E-state index in [1.54, 1.807) is 0 Å². The van der Waals surface area contributed by atoms with E-state index in [0.717, 1.165) is 6.42 Å². The van der Waals surface area contributed by atoms with Crippen LogP contribution in [0.5, 0.6) is 0 Å². The van der Waals surface area contributed by atoms with Crippen LogP contribution in [0.1, 0.15) is 52.4 Å². The largest absolute Gasteiger partial charge is 0.317 e. The summed E-state index contributed by atoms with van der Waals surface area (Å²) in [5.74, 6) is 0. The third-order valence-corrected chi connectivity index (χ3v) is 2.44. The van der Waals surface area contributed by atoms with Gasteiger partial charge in [0, 0.05) is 6.04 Å². The Labute approximate surface area is 96.2 Å². The van der Waals surface area contributed by atoms with Crippen molar-refractivity contribution in [2.45, 2.75) is 58.4 Å². The maximum Gasteiger partial charge on any atom is 0.00103 e. The molecular formula is C13H29N2. The monoisotopic (exact) mass is 213 g/mol. The lowest BCUT2D eigenvalue weighted by Crippen LogP contribution is -2.23. The number of unbranched alkanes of at least 4 members (excludes halogenated alkanes) is 4. The molecule has 0 unspecified atom stereocenters. The highest BCUT2D eigenvalue weighted by atomic mass is 14.9. The van der Waals surface area contributed by atoms with Crippen LogP contribution < -0.4 is 10.6 Å². The molecule has 2 N–H and O–H groups in total. The third kappa shape index (κ3) is 13.9. The molecule has 0 saturated carbocycles. The summed E-state index contributed by atoms with van der Waals surface area (Å²) in [6, 6.07) is 0.630. The van der Waals surface area contributed by atoms with Crippen molar-refractivity contribution < 1.29 is 0 Å². The molecule has 0 spiro atoms. The quantitative estimate of drug-likeness (QED) is 0.516. The van der Waals surface area contributed by atoms with Crippen molar-refractivity contribution in [3.05, 3.63) is 6.92 Å². The molecule has 0 aliphatic rings. The maximum atomic E-state index is 3.83. The van der Waals surface area contributed by atoms with Crippen LogP contribution in [0.15, 0.2) is 0 Å². The van der Waals surface area contributed by atoms with Crippen molar-refractivity contribution >= 4 is 0 Å². The first-order valence-corrected chi connectivity index (χ1v) is 6.50. The lowest BCUT2D eigenvalue weighted by Gasteiger charge is -2.07. The van der Waals surface area contributed by atoms with Gasteiger partial charge in [-0.2, -0.15) is 0 Å². The predicted molar refractivity (Wildman–Crippen MR) is 69.1 cm³/mol. The first-order valence-electron chi connectivity index (χ1n) is 6.50. The first kappa shape index (κ1) is 14.9. The van der Waals surface area contributed by atoms with Crippen LogP contribution in [0.25, 0.3) is 0 Å². The molecule has 0 aromatic carbocycles. The second-order valence-corrected chi connectivity index (χ2v) is 4.48. The van der Waals surface area contributed by atoms with Gasteiger partial charge >= 0.3 is 0 Å². The van der Waals surface area contributed by atoms with Gasteiger partial charge < -0.3 is 10.6 Å². The lowest BCUT2D eigenvalue weighted by molar-refractivity contribution is 0.532. The molecule has 91 valence electrons. The zero-order chi connectivity index (χ0) is 11.4. The number of rotatable bonds is 11. The molecule has 0 bridgehead atoms. The third-order valence-electron chi connectivity index (χ3n) is 2.44. The van der Waals surface area contributed by atoms with Crippen molar-refractivity contribution in [3.8, 4) is 0 Å². The average molecular weight is 213 g/mol. The minimum Gasteiger partial charge on any atom is -0.317 e. The molecule has 2 nitrogen and oxygen atoms in total. The van der Waals surface area contributed by atoms with Crippen LogP contribution in [-0.4, -0.2) is 25.7 Å².